The van der Waals surface area contributed by atoms with E-state index in [4.69, 9.17) is 5.73 Å². The van der Waals surface area contributed by atoms with Crippen LogP contribution >= 0.6 is 0 Å². The van der Waals surface area contributed by atoms with Crippen LogP contribution in [-0.4, -0.2) is 43.0 Å². The number of rotatable bonds is 5. The first-order valence-corrected chi connectivity index (χ1v) is 6.71. The third-order valence-electron chi connectivity index (χ3n) is 3.93. The SMILES string of the molecule is CCC(C)(N)C(=O)NCCC1CCN(C)CC1. The number of nitrogens with zero attached hydrogens (tertiary/aromatic N) is 1. The molecule has 4 nitrogen and oxygen atoms in total. The van der Waals surface area contributed by atoms with Gasteiger partial charge in [-0.25, -0.2) is 0 Å². The summed E-state index contributed by atoms with van der Waals surface area (Å²) in [6.45, 7) is 6.86. The summed E-state index contributed by atoms with van der Waals surface area (Å²) in [6, 6.07) is 0. The number of nitrogens with two attached hydrogens (primary N) is 1. The number of carbonyl (C=O) groups is 1. The van der Waals surface area contributed by atoms with Gasteiger partial charge in [-0.15, -0.1) is 0 Å². The van der Waals surface area contributed by atoms with Crippen LogP contribution in [0.15, 0.2) is 0 Å². The van der Waals surface area contributed by atoms with Crippen LogP contribution in [0.1, 0.15) is 39.5 Å². The van der Waals surface area contributed by atoms with E-state index in [2.05, 4.69) is 17.3 Å². The molecular weight excluding hydrogens is 214 g/mol. The highest BCUT2D eigenvalue weighted by molar-refractivity contribution is 5.85. The molecule has 0 aromatic heterocycles. The fourth-order valence-electron chi connectivity index (χ4n) is 2.10. The molecule has 0 spiro atoms. The predicted molar refractivity (Wildman–Crippen MR) is 70.7 cm³/mol. The number of hydrogen-bond acceptors (Lipinski definition) is 3. The first-order chi connectivity index (χ1) is 7.95. The van der Waals surface area contributed by atoms with Crippen LogP contribution in [0.25, 0.3) is 0 Å². The van der Waals surface area contributed by atoms with Crippen LogP contribution in [0.5, 0.6) is 0 Å². The summed E-state index contributed by atoms with van der Waals surface area (Å²) >= 11 is 0. The van der Waals surface area contributed by atoms with Crippen molar-refractivity contribution in [2.75, 3.05) is 26.7 Å². The smallest absolute Gasteiger partial charge is 0.239 e. The molecule has 1 saturated heterocycles. The maximum Gasteiger partial charge on any atom is 0.239 e. The number of nitrogens with one attached hydrogen (secondary N) is 1. The molecule has 1 heterocycles. The van der Waals surface area contributed by atoms with Gasteiger partial charge in [-0.2, -0.15) is 0 Å². The Bertz CT molecular complexity index is 245. The molecule has 17 heavy (non-hydrogen) atoms. The van der Waals surface area contributed by atoms with Gasteiger partial charge >= 0.3 is 0 Å². The molecule has 1 atom stereocenters. The lowest BCUT2D eigenvalue weighted by atomic mass is 9.93. The summed E-state index contributed by atoms with van der Waals surface area (Å²) in [6.07, 6.45) is 4.26. The maximum absolute atomic E-state index is 11.7. The second-order valence-electron chi connectivity index (χ2n) is 5.56. The molecule has 0 aromatic rings. The number of amides is 1. The standard InChI is InChI=1S/C13H27N3O/c1-4-13(2,14)12(17)15-8-5-11-6-9-16(3)10-7-11/h11H,4-10,14H2,1-3H3,(H,15,17). The maximum atomic E-state index is 11.7. The highest BCUT2D eigenvalue weighted by Gasteiger charge is 2.25. The minimum atomic E-state index is -0.715. The third-order valence-corrected chi connectivity index (χ3v) is 3.93. The minimum absolute atomic E-state index is 0.0204. The van der Waals surface area contributed by atoms with E-state index in [1.807, 2.05) is 6.92 Å². The van der Waals surface area contributed by atoms with Gasteiger partial charge < -0.3 is 16.0 Å². The summed E-state index contributed by atoms with van der Waals surface area (Å²) in [5.41, 5.74) is 5.16. The topological polar surface area (TPSA) is 58.4 Å². The first-order valence-electron chi connectivity index (χ1n) is 6.71. The van der Waals surface area contributed by atoms with Crippen LogP contribution in [-0.2, 0) is 4.79 Å². The van der Waals surface area contributed by atoms with Crippen molar-refractivity contribution < 1.29 is 4.79 Å². The van der Waals surface area contributed by atoms with Crippen molar-refractivity contribution in [1.29, 1.82) is 0 Å². The number of carbonyl (C=O) groups excluding carboxylic acids is 1. The molecule has 100 valence electrons. The van der Waals surface area contributed by atoms with Crippen molar-refractivity contribution in [2.45, 2.75) is 45.1 Å². The average molecular weight is 241 g/mol. The lowest BCUT2D eigenvalue weighted by Gasteiger charge is -2.29. The van der Waals surface area contributed by atoms with Crippen molar-refractivity contribution in [3.63, 3.8) is 0 Å². The van der Waals surface area contributed by atoms with Crippen LogP contribution in [0, 0.1) is 5.92 Å². The first kappa shape index (κ1) is 14.5. The zero-order valence-corrected chi connectivity index (χ0v) is 11.5. The van der Waals surface area contributed by atoms with Gasteiger partial charge in [-0.05, 0) is 58.7 Å². The minimum Gasteiger partial charge on any atom is -0.355 e. The molecule has 0 radical (unpaired) electrons. The van der Waals surface area contributed by atoms with Crippen molar-refractivity contribution in [3.05, 3.63) is 0 Å². The lowest BCUT2D eigenvalue weighted by Crippen LogP contribution is -2.51. The van der Waals surface area contributed by atoms with Gasteiger partial charge in [-0.1, -0.05) is 6.92 Å². The highest BCUT2D eigenvalue weighted by Crippen LogP contribution is 2.18. The number of piperidine rings is 1. The molecule has 0 aromatic carbocycles. The Morgan fingerprint density at radius 1 is 1.47 bits per heavy atom. The monoisotopic (exact) mass is 241 g/mol. The van der Waals surface area contributed by atoms with E-state index in [1.54, 1.807) is 6.92 Å². The Morgan fingerprint density at radius 3 is 2.59 bits per heavy atom. The molecule has 4 heteroatoms. The van der Waals surface area contributed by atoms with E-state index in [-0.39, 0.29) is 5.91 Å². The fourth-order valence-corrected chi connectivity index (χ4v) is 2.10. The molecule has 1 unspecified atom stereocenters. The van der Waals surface area contributed by atoms with E-state index in [0.29, 0.717) is 6.42 Å². The van der Waals surface area contributed by atoms with Crippen molar-refractivity contribution in [3.8, 4) is 0 Å². The Hall–Kier alpha value is -0.610. The Labute approximate surface area is 105 Å². The third kappa shape index (κ3) is 4.64. The normalized spacial score (nSPS) is 22.1. The summed E-state index contributed by atoms with van der Waals surface area (Å²) in [5, 5.41) is 2.95. The molecule has 0 saturated carbocycles. The summed E-state index contributed by atoms with van der Waals surface area (Å²) in [7, 11) is 2.17. The summed E-state index contributed by atoms with van der Waals surface area (Å²) in [5.74, 6) is 0.741. The van der Waals surface area contributed by atoms with Gasteiger partial charge in [0.1, 0.15) is 0 Å². The number of hydrogen-bond donors (Lipinski definition) is 2. The second kappa shape index (κ2) is 6.36. The van der Waals surface area contributed by atoms with Gasteiger partial charge in [0.05, 0.1) is 5.54 Å². The summed E-state index contributed by atoms with van der Waals surface area (Å²) < 4.78 is 0. The quantitative estimate of drug-likeness (QED) is 0.754. The molecule has 0 bridgehead atoms. The van der Waals surface area contributed by atoms with Crippen LogP contribution in [0.3, 0.4) is 0 Å². The average Bonchev–Trinajstić information content (AvgIpc) is 2.31. The highest BCUT2D eigenvalue weighted by atomic mass is 16.2. The van der Waals surface area contributed by atoms with E-state index in [1.165, 1.54) is 25.9 Å². The largest absolute Gasteiger partial charge is 0.355 e. The van der Waals surface area contributed by atoms with Gasteiger partial charge in [0.15, 0.2) is 0 Å². The van der Waals surface area contributed by atoms with Gasteiger partial charge in [-0.3, -0.25) is 4.79 Å². The molecule has 1 aliphatic heterocycles. The van der Waals surface area contributed by atoms with Crippen LogP contribution < -0.4 is 11.1 Å². The van der Waals surface area contributed by atoms with Crippen LogP contribution in [0.4, 0.5) is 0 Å². The lowest BCUT2D eigenvalue weighted by molar-refractivity contribution is -0.125. The molecule has 1 fully saturated rings. The van der Waals surface area contributed by atoms with Crippen molar-refractivity contribution >= 4 is 5.91 Å². The Balaban J connectivity index is 2.18. The summed E-state index contributed by atoms with van der Waals surface area (Å²) in [4.78, 5) is 14.1. The van der Waals surface area contributed by atoms with Gasteiger partial charge in [0.2, 0.25) is 5.91 Å². The van der Waals surface area contributed by atoms with E-state index in [9.17, 15) is 4.79 Å². The molecule has 3 N–H and O–H groups in total. The fraction of sp³-hybridized carbons (Fsp3) is 0.923. The molecule has 1 rings (SSSR count). The van der Waals surface area contributed by atoms with Crippen molar-refractivity contribution in [2.24, 2.45) is 11.7 Å². The second-order valence-corrected chi connectivity index (χ2v) is 5.56. The zero-order valence-electron chi connectivity index (χ0n) is 11.5. The molecule has 1 aliphatic rings. The molecule has 0 aliphatic carbocycles. The van der Waals surface area contributed by atoms with Gasteiger partial charge in [0, 0.05) is 6.54 Å². The Morgan fingerprint density at radius 2 is 2.06 bits per heavy atom. The van der Waals surface area contributed by atoms with Crippen molar-refractivity contribution in [1.82, 2.24) is 10.2 Å². The predicted octanol–water partition coefficient (Wildman–Crippen LogP) is 0.962. The molecule has 1 amide bonds. The van der Waals surface area contributed by atoms with E-state index < -0.39 is 5.54 Å². The van der Waals surface area contributed by atoms with Crippen LogP contribution in [0.2, 0.25) is 0 Å². The Kier molecular flexibility index (Phi) is 5.40. The molecular formula is C13H27N3O. The zero-order chi connectivity index (χ0) is 12.9. The van der Waals surface area contributed by atoms with Gasteiger partial charge in [0.25, 0.3) is 0 Å². The number of likely N-dealkylation sites (tertiary alicyclic amines) is 1. The van der Waals surface area contributed by atoms with E-state index in [0.717, 1.165) is 18.9 Å². The van der Waals surface area contributed by atoms with E-state index >= 15 is 0 Å².